The lowest BCUT2D eigenvalue weighted by Crippen LogP contribution is -2.27. The summed E-state index contributed by atoms with van der Waals surface area (Å²) in [7, 11) is -3.34. The van der Waals surface area contributed by atoms with Crippen LogP contribution in [-0.2, 0) is 9.84 Å². The van der Waals surface area contributed by atoms with Crippen molar-refractivity contribution in [2.24, 2.45) is 0 Å². The fourth-order valence-electron chi connectivity index (χ4n) is 2.06. The number of hydrogen-bond acceptors (Lipinski definition) is 3. The van der Waals surface area contributed by atoms with Crippen LogP contribution in [0.4, 0.5) is 8.78 Å². The molecule has 4 nitrogen and oxygen atoms in total. The maximum absolute atomic E-state index is 13.7. The molecular formula is C16H15F2NO3S. The summed E-state index contributed by atoms with van der Waals surface area (Å²) in [6.45, 7) is 1.57. The van der Waals surface area contributed by atoms with Crippen molar-refractivity contribution in [3.8, 4) is 0 Å². The Hall–Kier alpha value is -2.28. The van der Waals surface area contributed by atoms with Gasteiger partial charge < -0.3 is 5.32 Å². The van der Waals surface area contributed by atoms with Gasteiger partial charge in [0, 0.05) is 23.4 Å². The summed E-state index contributed by atoms with van der Waals surface area (Å²) >= 11 is 0. The Kier molecular flexibility index (Phi) is 4.79. The molecule has 1 atom stereocenters. The lowest BCUT2D eigenvalue weighted by molar-refractivity contribution is 0.0939. The van der Waals surface area contributed by atoms with Crippen LogP contribution >= 0.6 is 0 Å². The zero-order chi connectivity index (χ0) is 17.2. The van der Waals surface area contributed by atoms with Crippen LogP contribution in [-0.4, -0.2) is 20.6 Å². The van der Waals surface area contributed by atoms with E-state index in [0.717, 1.165) is 18.4 Å². The van der Waals surface area contributed by atoms with Crippen molar-refractivity contribution in [3.05, 3.63) is 65.2 Å². The summed E-state index contributed by atoms with van der Waals surface area (Å²) in [5.74, 6) is -1.92. The van der Waals surface area contributed by atoms with E-state index < -0.39 is 33.4 Å². The van der Waals surface area contributed by atoms with Gasteiger partial charge in [-0.15, -0.1) is 0 Å². The molecule has 0 spiro atoms. The van der Waals surface area contributed by atoms with Crippen molar-refractivity contribution in [1.29, 1.82) is 0 Å². The van der Waals surface area contributed by atoms with Gasteiger partial charge in [0.1, 0.15) is 11.6 Å². The predicted molar refractivity (Wildman–Crippen MR) is 81.8 cm³/mol. The topological polar surface area (TPSA) is 63.2 Å². The van der Waals surface area contributed by atoms with Crippen LogP contribution in [0.5, 0.6) is 0 Å². The Morgan fingerprint density at radius 3 is 2.22 bits per heavy atom. The Balaban J connectivity index is 2.15. The second kappa shape index (κ2) is 6.45. The highest BCUT2D eigenvalue weighted by molar-refractivity contribution is 7.90. The lowest BCUT2D eigenvalue weighted by atomic mass is 10.1. The number of hydrogen-bond donors (Lipinski definition) is 1. The lowest BCUT2D eigenvalue weighted by Gasteiger charge is -2.15. The van der Waals surface area contributed by atoms with Gasteiger partial charge in [-0.1, -0.05) is 6.07 Å². The maximum Gasteiger partial charge on any atom is 0.251 e. The quantitative estimate of drug-likeness (QED) is 0.932. The Morgan fingerprint density at radius 1 is 1.09 bits per heavy atom. The summed E-state index contributed by atoms with van der Waals surface area (Å²) in [6, 6.07) is 7.86. The van der Waals surface area contributed by atoms with E-state index in [-0.39, 0.29) is 16.0 Å². The zero-order valence-electron chi connectivity index (χ0n) is 12.5. The highest BCUT2D eigenvalue weighted by Crippen LogP contribution is 2.18. The molecule has 2 aromatic carbocycles. The fraction of sp³-hybridized carbons (Fsp3) is 0.188. The number of sulfone groups is 1. The van der Waals surface area contributed by atoms with E-state index in [9.17, 15) is 22.0 Å². The molecule has 0 aliphatic rings. The van der Waals surface area contributed by atoms with Gasteiger partial charge in [0.25, 0.3) is 5.91 Å². The number of amides is 1. The van der Waals surface area contributed by atoms with Gasteiger partial charge in [-0.25, -0.2) is 17.2 Å². The van der Waals surface area contributed by atoms with Crippen molar-refractivity contribution in [1.82, 2.24) is 5.32 Å². The number of nitrogens with one attached hydrogen (secondary N) is 1. The second-order valence-corrected chi connectivity index (χ2v) is 7.17. The van der Waals surface area contributed by atoms with Gasteiger partial charge in [0.05, 0.1) is 10.9 Å². The van der Waals surface area contributed by atoms with Gasteiger partial charge in [-0.05, 0) is 37.3 Å². The molecule has 0 aliphatic carbocycles. The Labute approximate surface area is 133 Å². The molecule has 0 bridgehead atoms. The molecule has 1 amide bonds. The first-order valence-corrected chi connectivity index (χ1v) is 8.63. The molecule has 2 aromatic rings. The molecule has 2 rings (SSSR count). The molecule has 0 saturated heterocycles. The van der Waals surface area contributed by atoms with Crippen LogP contribution in [0.1, 0.15) is 28.9 Å². The zero-order valence-corrected chi connectivity index (χ0v) is 13.3. The van der Waals surface area contributed by atoms with E-state index >= 15 is 0 Å². The first-order chi connectivity index (χ1) is 10.7. The SMILES string of the molecule is C[C@H](NC(=O)c1ccc(S(C)(=O)=O)cc1)c1ccc(F)cc1F. The Bertz CT molecular complexity index is 833. The number of benzene rings is 2. The minimum Gasteiger partial charge on any atom is -0.345 e. The Morgan fingerprint density at radius 2 is 1.70 bits per heavy atom. The second-order valence-electron chi connectivity index (χ2n) is 5.16. The molecule has 23 heavy (non-hydrogen) atoms. The summed E-state index contributed by atoms with van der Waals surface area (Å²) in [5.41, 5.74) is 0.402. The van der Waals surface area contributed by atoms with Crippen LogP contribution < -0.4 is 5.32 Å². The average Bonchev–Trinajstić information content (AvgIpc) is 2.46. The van der Waals surface area contributed by atoms with Crippen LogP contribution in [0.15, 0.2) is 47.4 Å². The molecule has 0 fully saturated rings. The van der Waals surface area contributed by atoms with Crippen LogP contribution in [0, 0.1) is 11.6 Å². The minimum absolute atomic E-state index is 0.103. The molecule has 0 saturated carbocycles. The summed E-state index contributed by atoms with van der Waals surface area (Å²) in [6.07, 6.45) is 1.07. The summed E-state index contributed by atoms with van der Waals surface area (Å²) in [4.78, 5) is 12.2. The maximum atomic E-state index is 13.7. The highest BCUT2D eigenvalue weighted by atomic mass is 32.2. The van der Waals surface area contributed by atoms with Crippen molar-refractivity contribution < 1.29 is 22.0 Å². The molecule has 0 radical (unpaired) electrons. The van der Waals surface area contributed by atoms with Gasteiger partial charge in [0.2, 0.25) is 0 Å². The summed E-state index contributed by atoms with van der Waals surface area (Å²) in [5, 5.41) is 2.58. The van der Waals surface area contributed by atoms with Crippen LogP contribution in [0.2, 0.25) is 0 Å². The number of halogens is 2. The van der Waals surface area contributed by atoms with Crippen molar-refractivity contribution >= 4 is 15.7 Å². The first kappa shape index (κ1) is 17.1. The predicted octanol–water partition coefficient (Wildman–Crippen LogP) is 2.86. The van der Waals surface area contributed by atoms with E-state index in [1.165, 1.54) is 30.3 Å². The monoisotopic (exact) mass is 339 g/mol. The highest BCUT2D eigenvalue weighted by Gasteiger charge is 2.16. The van der Waals surface area contributed by atoms with E-state index in [1.807, 2.05) is 0 Å². The first-order valence-electron chi connectivity index (χ1n) is 6.74. The van der Waals surface area contributed by atoms with Crippen molar-refractivity contribution in [2.45, 2.75) is 17.9 Å². The normalized spacial score (nSPS) is 12.7. The smallest absolute Gasteiger partial charge is 0.251 e. The van der Waals surface area contributed by atoms with E-state index in [4.69, 9.17) is 0 Å². The van der Waals surface area contributed by atoms with E-state index in [0.29, 0.717) is 0 Å². The standard InChI is InChI=1S/C16H15F2NO3S/c1-10(14-8-5-12(17)9-15(14)18)19-16(20)11-3-6-13(7-4-11)23(2,21)22/h3-10H,1-2H3,(H,19,20)/t10-/m0/s1. The largest absolute Gasteiger partial charge is 0.345 e. The van der Waals surface area contributed by atoms with Crippen molar-refractivity contribution in [2.75, 3.05) is 6.26 Å². The molecule has 0 aromatic heterocycles. The molecule has 0 heterocycles. The third-order valence-corrected chi connectivity index (χ3v) is 4.45. The van der Waals surface area contributed by atoms with Gasteiger partial charge in [0.15, 0.2) is 9.84 Å². The third kappa shape index (κ3) is 4.13. The number of carbonyl (C=O) groups excluding carboxylic acids is 1. The van der Waals surface area contributed by atoms with Gasteiger partial charge in [-0.2, -0.15) is 0 Å². The molecule has 7 heteroatoms. The van der Waals surface area contributed by atoms with Crippen molar-refractivity contribution in [3.63, 3.8) is 0 Å². The molecule has 0 aliphatic heterocycles. The average molecular weight is 339 g/mol. The third-order valence-electron chi connectivity index (χ3n) is 3.32. The number of rotatable bonds is 4. The van der Waals surface area contributed by atoms with E-state index in [2.05, 4.69) is 5.32 Å². The number of carbonyl (C=O) groups is 1. The fourth-order valence-corrected chi connectivity index (χ4v) is 2.69. The van der Waals surface area contributed by atoms with Crippen LogP contribution in [0.25, 0.3) is 0 Å². The molecular weight excluding hydrogens is 324 g/mol. The minimum atomic E-state index is -3.34. The van der Waals surface area contributed by atoms with Crippen LogP contribution in [0.3, 0.4) is 0 Å². The molecule has 122 valence electrons. The van der Waals surface area contributed by atoms with E-state index in [1.54, 1.807) is 6.92 Å². The van der Waals surface area contributed by atoms with Gasteiger partial charge >= 0.3 is 0 Å². The molecule has 0 unspecified atom stereocenters. The summed E-state index contributed by atoms with van der Waals surface area (Å²) < 4.78 is 49.3. The van der Waals surface area contributed by atoms with Gasteiger partial charge in [-0.3, -0.25) is 4.79 Å². The molecule has 1 N–H and O–H groups in total.